The minimum absolute atomic E-state index is 0. The van der Waals surface area contributed by atoms with E-state index in [9.17, 15) is 0 Å². The van der Waals surface area contributed by atoms with Crippen LogP contribution in [0.4, 0.5) is 0 Å². The molecule has 1 aliphatic rings. The topological polar surface area (TPSA) is 15.3 Å². The number of benzene rings is 1. The van der Waals surface area contributed by atoms with E-state index in [1.165, 1.54) is 31.5 Å². The summed E-state index contributed by atoms with van der Waals surface area (Å²) in [6.45, 7) is 8.01. The summed E-state index contributed by atoms with van der Waals surface area (Å²) in [5.74, 6) is 0. The molecule has 0 radical (unpaired) electrons. The molecule has 0 saturated carbocycles. The molecule has 1 saturated heterocycles. The van der Waals surface area contributed by atoms with Crippen molar-refractivity contribution in [1.82, 2.24) is 10.2 Å². The molecule has 1 aliphatic heterocycles. The summed E-state index contributed by atoms with van der Waals surface area (Å²) in [6.07, 6.45) is 2.57. The van der Waals surface area contributed by atoms with Gasteiger partial charge in [0.05, 0.1) is 0 Å². The third-order valence-electron chi connectivity index (χ3n) is 3.41. The van der Waals surface area contributed by atoms with E-state index in [1.807, 2.05) is 0 Å². The van der Waals surface area contributed by atoms with Gasteiger partial charge in [0.15, 0.2) is 0 Å². The van der Waals surface area contributed by atoms with Gasteiger partial charge in [0.2, 0.25) is 0 Å². The fourth-order valence-electron chi connectivity index (χ4n) is 2.57. The van der Waals surface area contributed by atoms with Crippen LogP contribution < -0.4 is 5.32 Å². The molecule has 1 heterocycles. The average Bonchev–Trinajstić information content (AvgIpc) is 2.32. The Kier molecular flexibility index (Phi) is 9.46. The Labute approximate surface area is 129 Å². The maximum atomic E-state index is 3.64. The number of hydrogen-bond donors (Lipinski definition) is 1. The second kappa shape index (κ2) is 9.60. The predicted octanol–water partition coefficient (Wildman–Crippen LogP) is 3.49. The van der Waals surface area contributed by atoms with Gasteiger partial charge in [0.25, 0.3) is 0 Å². The molecule has 110 valence electrons. The van der Waals surface area contributed by atoms with Gasteiger partial charge >= 0.3 is 0 Å². The van der Waals surface area contributed by atoms with Gasteiger partial charge in [-0.2, -0.15) is 0 Å². The molecular weight excluding hydrogens is 279 g/mol. The first-order valence-corrected chi connectivity index (χ1v) is 6.76. The SMILES string of the molecule is CC(C)NC1CCN(Cc2ccccc2)CC1.Cl.Cl. The van der Waals surface area contributed by atoms with Crippen LogP contribution in [0.1, 0.15) is 32.3 Å². The monoisotopic (exact) mass is 304 g/mol. The minimum atomic E-state index is 0. The van der Waals surface area contributed by atoms with Crippen molar-refractivity contribution in [1.29, 1.82) is 0 Å². The van der Waals surface area contributed by atoms with Gasteiger partial charge in [0, 0.05) is 18.6 Å². The van der Waals surface area contributed by atoms with Crippen LogP contribution in [-0.2, 0) is 6.54 Å². The minimum Gasteiger partial charge on any atom is -0.312 e. The fourth-order valence-corrected chi connectivity index (χ4v) is 2.57. The Bertz CT molecular complexity index is 322. The molecule has 0 spiro atoms. The number of piperidine rings is 1. The zero-order valence-corrected chi connectivity index (χ0v) is 13.5. The zero-order valence-electron chi connectivity index (χ0n) is 11.8. The maximum absolute atomic E-state index is 3.64. The lowest BCUT2D eigenvalue weighted by atomic mass is 10.0. The maximum Gasteiger partial charge on any atom is 0.0233 e. The summed E-state index contributed by atoms with van der Waals surface area (Å²) in [4.78, 5) is 2.56. The quantitative estimate of drug-likeness (QED) is 0.916. The third kappa shape index (κ3) is 6.62. The number of halogens is 2. The summed E-state index contributed by atoms with van der Waals surface area (Å²) in [5.41, 5.74) is 1.43. The molecule has 0 atom stereocenters. The van der Waals surface area contributed by atoms with E-state index >= 15 is 0 Å². The molecule has 0 unspecified atom stereocenters. The molecule has 0 bridgehead atoms. The molecule has 2 nitrogen and oxygen atoms in total. The highest BCUT2D eigenvalue weighted by atomic mass is 35.5. The van der Waals surface area contributed by atoms with E-state index in [4.69, 9.17) is 0 Å². The average molecular weight is 305 g/mol. The summed E-state index contributed by atoms with van der Waals surface area (Å²) in [5, 5.41) is 3.64. The van der Waals surface area contributed by atoms with Crippen LogP contribution in [0, 0.1) is 0 Å². The van der Waals surface area contributed by atoms with Gasteiger partial charge in [-0.15, -0.1) is 24.8 Å². The number of nitrogens with zero attached hydrogens (tertiary/aromatic N) is 1. The van der Waals surface area contributed by atoms with Gasteiger partial charge < -0.3 is 5.32 Å². The Morgan fingerprint density at radius 3 is 2.21 bits per heavy atom. The van der Waals surface area contributed by atoms with Gasteiger partial charge in [-0.1, -0.05) is 44.2 Å². The molecule has 1 N–H and O–H groups in total. The first kappa shape index (κ1) is 18.7. The highest BCUT2D eigenvalue weighted by Crippen LogP contribution is 2.14. The Balaban J connectivity index is 0.00000162. The highest BCUT2D eigenvalue weighted by molar-refractivity contribution is 5.85. The van der Waals surface area contributed by atoms with E-state index in [0.29, 0.717) is 6.04 Å². The summed E-state index contributed by atoms with van der Waals surface area (Å²) in [7, 11) is 0. The highest BCUT2D eigenvalue weighted by Gasteiger charge is 2.19. The standard InChI is InChI=1S/C15H24N2.2ClH/c1-13(2)16-15-8-10-17(11-9-15)12-14-6-4-3-5-7-14;;/h3-7,13,15-16H,8-12H2,1-2H3;2*1H. The molecular formula is C15H26Cl2N2. The van der Waals surface area contributed by atoms with Gasteiger partial charge in [-0.3, -0.25) is 4.90 Å². The van der Waals surface area contributed by atoms with Crippen molar-refractivity contribution < 1.29 is 0 Å². The van der Waals surface area contributed by atoms with Crippen molar-refractivity contribution in [2.75, 3.05) is 13.1 Å². The molecule has 1 fully saturated rings. The lowest BCUT2D eigenvalue weighted by Gasteiger charge is -2.33. The first-order chi connectivity index (χ1) is 8.24. The smallest absolute Gasteiger partial charge is 0.0233 e. The lowest BCUT2D eigenvalue weighted by Crippen LogP contribution is -2.44. The molecule has 1 aromatic rings. The van der Waals surface area contributed by atoms with E-state index in [-0.39, 0.29) is 24.8 Å². The van der Waals surface area contributed by atoms with Gasteiger partial charge in [-0.05, 0) is 31.5 Å². The molecule has 0 aromatic heterocycles. The largest absolute Gasteiger partial charge is 0.312 e. The fraction of sp³-hybridized carbons (Fsp3) is 0.600. The number of rotatable bonds is 4. The van der Waals surface area contributed by atoms with E-state index in [1.54, 1.807) is 0 Å². The van der Waals surface area contributed by atoms with Crippen LogP contribution in [0.15, 0.2) is 30.3 Å². The third-order valence-corrected chi connectivity index (χ3v) is 3.41. The van der Waals surface area contributed by atoms with Crippen LogP contribution in [0.2, 0.25) is 0 Å². The summed E-state index contributed by atoms with van der Waals surface area (Å²) >= 11 is 0. The molecule has 0 amide bonds. The van der Waals surface area contributed by atoms with Gasteiger partial charge in [0.1, 0.15) is 0 Å². The number of hydrogen-bond acceptors (Lipinski definition) is 2. The van der Waals surface area contributed by atoms with Crippen molar-refractivity contribution in [2.24, 2.45) is 0 Å². The zero-order chi connectivity index (χ0) is 12.1. The predicted molar refractivity (Wildman–Crippen MR) is 87.5 cm³/mol. The van der Waals surface area contributed by atoms with E-state index in [2.05, 4.69) is 54.4 Å². The molecule has 1 aromatic carbocycles. The summed E-state index contributed by atoms with van der Waals surface area (Å²) in [6, 6.07) is 12.1. The Hall–Kier alpha value is -0.280. The van der Waals surface area contributed by atoms with Crippen molar-refractivity contribution in [3.8, 4) is 0 Å². The second-order valence-electron chi connectivity index (χ2n) is 5.36. The first-order valence-electron chi connectivity index (χ1n) is 6.76. The van der Waals surface area contributed by atoms with Crippen molar-refractivity contribution in [3.05, 3.63) is 35.9 Å². The Morgan fingerprint density at radius 2 is 1.68 bits per heavy atom. The van der Waals surface area contributed by atoms with Crippen molar-refractivity contribution in [3.63, 3.8) is 0 Å². The second-order valence-corrected chi connectivity index (χ2v) is 5.36. The van der Waals surface area contributed by atoms with Crippen molar-refractivity contribution >= 4 is 24.8 Å². The molecule has 19 heavy (non-hydrogen) atoms. The summed E-state index contributed by atoms with van der Waals surface area (Å²) < 4.78 is 0. The van der Waals surface area contributed by atoms with Crippen LogP contribution in [0.5, 0.6) is 0 Å². The molecule has 2 rings (SSSR count). The normalized spacial score (nSPS) is 16.8. The number of nitrogens with one attached hydrogen (secondary N) is 1. The van der Waals surface area contributed by atoms with Crippen LogP contribution in [-0.4, -0.2) is 30.1 Å². The number of likely N-dealkylation sites (tertiary alicyclic amines) is 1. The molecule has 0 aliphatic carbocycles. The van der Waals surface area contributed by atoms with Gasteiger partial charge in [-0.25, -0.2) is 0 Å². The van der Waals surface area contributed by atoms with E-state index in [0.717, 1.165) is 12.6 Å². The lowest BCUT2D eigenvalue weighted by molar-refractivity contribution is 0.186. The van der Waals surface area contributed by atoms with Crippen LogP contribution >= 0.6 is 24.8 Å². The van der Waals surface area contributed by atoms with E-state index < -0.39 is 0 Å². The molecule has 4 heteroatoms. The van der Waals surface area contributed by atoms with Crippen LogP contribution in [0.25, 0.3) is 0 Å². The van der Waals surface area contributed by atoms with Crippen molar-refractivity contribution in [2.45, 2.75) is 45.3 Å². The van der Waals surface area contributed by atoms with Crippen LogP contribution in [0.3, 0.4) is 0 Å². The Morgan fingerprint density at radius 1 is 1.11 bits per heavy atom.